The van der Waals surface area contributed by atoms with Crippen LogP contribution in [0.3, 0.4) is 0 Å². The van der Waals surface area contributed by atoms with E-state index in [1.165, 1.54) is 11.8 Å². The predicted molar refractivity (Wildman–Crippen MR) is 45.0 cm³/mol. The first-order valence-electron chi connectivity index (χ1n) is 3.07. The van der Waals surface area contributed by atoms with E-state index < -0.39 is 0 Å². The van der Waals surface area contributed by atoms with E-state index in [4.69, 9.17) is 12.2 Å². The maximum Gasteiger partial charge on any atom is 0.216 e. The van der Waals surface area contributed by atoms with Gasteiger partial charge in [0.2, 0.25) is 11.1 Å². The average molecular weight is 168 g/mol. The molecule has 0 aliphatic heterocycles. The molecule has 1 aromatic heterocycles. The fraction of sp³-hybridized carbons (Fsp3) is 0.333. The quantitative estimate of drug-likeness (QED) is 0.392. The maximum atomic E-state index is 5.30. The number of nitrogen functional groups attached to an aromatic ring is 1. The van der Waals surface area contributed by atoms with Crippen molar-refractivity contribution in [3.05, 3.63) is 0 Å². The number of H-pyrrole nitrogens is 1. The number of rotatable bonds is 3. The van der Waals surface area contributed by atoms with Gasteiger partial charge in [-0.1, -0.05) is 11.8 Å². The standard InChI is InChI=1S/C6H8N4S/c1-2-3-4-11-6-8-5(7)9-10-6/h1H,3-4H2,(H3,7,8,9,10). The molecule has 0 atom stereocenters. The van der Waals surface area contributed by atoms with Crippen LogP contribution in [0.15, 0.2) is 5.16 Å². The van der Waals surface area contributed by atoms with Gasteiger partial charge < -0.3 is 5.73 Å². The molecule has 1 rings (SSSR count). The molecule has 0 spiro atoms. The first kappa shape index (κ1) is 7.95. The zero-order valence-electron chi connectivity index (χ0n) is 5.87. The van der Waals surface area contributed by atoms with Gasteiger partial charge in [0.1, 0.15) is 0 Å². The second-order valence-electron chi connectivity index (χ2n) is 1.81. The zero-order chi connectivity index (χ0) is 8.10. The first-order chi connectivity index (χ1) is 5.33. The third-order valence-electron chi connectivity index (χ3n) is 0.960. The Hall–Kier alpha value is -1.15. The van der Waals surface area contributed by atoms with Gasteiger partial charge in [-0.25, -0.2) is 5.10 Å². The molecule has 0 fully saturated rings. The van der Waals surface area contributed by atoms with Crippen molar-refractivity contribution in [1.82, 2.24) is 15.2 Å². The van der Waals surface area contributed by atoms with E-state index in [1.807, 2.05) is 0 Å². The number of nitrogens with one attached hydrogen (secondary N) is 1. The van der Waals surface area contributed by atoms with E-state index in [0.29, 0.717) is 11.1 Å². The number of hydrogen-bond acceptors (Lipinski definition) is 4. The summed E-state index contributed by atoms with van der Waals surface area (Å²) in [6.07, 6.45) is 5.78. The normalized spacial score (nSPS) is 9.36. The van der Waals surface area contributed by atoms with Crippen molar-refractivity contribution >= 4 is 17.7 Å². The van der Waals surface area contributed by atoms with Crippen LogP contribution in [0, 0.1) is 12.3 Å². The molecule has 0 aromatic carbocycles. The second-order valence-corrected chi connectivity index (χ2v) is 2.87. The van der Waals surface area contributed by atoms with Crippen LogP contribution in [0.2, 0.25) is 0 Å². The molecule has 1 aromatic rings. The lowest BCUT2D eigenvalue weighted by Gasteiger charge is -1.87. The summed E-state index contributed by atoms with van der Waals surface area (Å²) in [5, 5.41) is 7.01. The smallest absolute Gasteiger partial charge is 0.216 e. The fourth-order valence-corrected chi connectivity index (χ4v) is 1.20. The molecular weight excluding hydrogens is 160 g/mol. The minimum atomic E-state index is 0.341. The summed E-state index contributed by atoms with van der Waals surface area (Å²) in [6, 6.07) is 0. The van der Waals surface area contributed by atoms with Crippen LogP contribution in [-0.4, -0.2) is 20.9 Å². The minimum absolute atomic E-state index is 0.341. The van der Waals surface area contributed by atoms with Crippen LogP contribution in [0.1, 0.15) is 6.42 Å². The van der Waals surface area contributed by atoms with Crippen molar-refractivity contribution in [2.75, 3.05) is 11.5 Å². The summed E-state index contributed by atoms with van der Waals surface area (Å²) >= 11 is 1.49. The SMILES string of the molecule is C#CCCSc1n[nH]c(N)n1. The van der Waals surface area contributed by atoms with Crippen molar-refractivity contribution in [2.45, 2.75) is 11.6 Å². The van der Waals surface area contributed by atoms with E-state index in [0.717, 1.165) is 12.2 Å². The number of terminal acetylenes is 1. The van der Waals surface area contributed by atoms with E-state index in [1.54, 1.807) is 0 Å². The van der Waals surface area contributed by atoms with Gasteiger partial charge in [0, 0.05) is 12.2 Å². The lowest BCUT2D eigenvalue weighted by molar-refractivity contribution is 0.973. The lowest BCUT2D eigenvalue weighted by atomic mass is 10.5. The van der Waals surface area contributed by atoms with Gasteiger partial charge in [0.25, 0.3) is 0 Å². The van der Waals surface area contributed by atoms with Crippen LogP contribution < -0.4 is 5.73 Å². The Kier molecular flexibility index (Phi) is 2.81. The van der Waals surface area contributed by atoms with Gasteiger partial charge in [0.15, 0.2) is 0 Å². The first-order valence-corrected chi connectivity index (χ1v) is 4.05. The molecule has 0 aliphatic rings. The van der Waals surface area contributed by atoms with Crippen molar-refractivity contribution < 1.29 is 0 Å². The summed E-state index contributed by atoms with van der Waals surface area (Å²) in [4.78, 5) is 3.89. The Labute approximate surface area is 69.0 Å². The maximum absolute atomic E-state index is 5.30. The molecule has 0 aliphatic carbocycles. The van der Waals surface area contributed by atoms with Crippen LogP contribution in [0.25, 0.3) is 0 Å². The van der Waals surface area contributed by atoms with E-state index in [-0.39, 0.29) is 0 Å². The Morgan fingerprint density at radius 2 is 2.55 bits per heavy atom. The fourth-order valence-electron chi connectivity index (χ4n) is 0.524. The highest BCUT2D eigenvalue weighted by Crippen LogP contribution is 2.12. The predicted octanol–water partition coefficient (Wildman–Crippen LogP) is 0.502. The Morgan fingerprint density at radius 1 is 1.73 bits per heavy atom. The van der Waals surface area contributed by atoms with Crippen LogP contribution >= 0.6 is 11.8 Å². The number of nitrogens with zero attached hydrogens (tertiary/aromatic N) is 2. The molecule has 5 heteroatoms. The van der Waals surface area contributed by atoms with Gasteiger partial charge >= 0.3 is 0 Å². The summed E-state index contributed by atoms with van der Waals surface area (Å²) in [5.41, 5.74) is 5.30. The molecule has 0 saturated heterocycles. The van der Waals surface area contributed by atoms with Crippen molar-refractivity contribution in [3.63, 3.8) is 0 Å². The molecule has 0 radical (unpaired) electrons. The van der Waals surface area contributed by atoms with Gasteiger partial charge in [-0.15, -0.1) is 17.4 Å². The van der Waals surface area contributed by atoms with E-state index in [2.05, 4.69) is 21.1 Å². The molecule has 4 nitrogen and oxygen atoms in total. The molecule has 11 heavy (non-hydrogen) atoms. The Bertz CT molecular complexity index is 262. The molecule has 0 saturated carbocycles. The summed E-state index contributed by atoms with van der Waals surface area (Å²) < 4.78 is 0. The van der Waals surface area contributed by atoms with Gasteiger partial charge in [-0.2, -0.15) is 4.98 Å². The van der Waals surface area contributed by atoms with Crippen LogP contribution in [0.4, 0.5) is 5.95 Å². The second kappa shape index (κ2) is 3.88. The number of anilines is 1. The number of aromatic nitrogens is 3. The van der Waals surface area contributed by atoms with Gasteiger partial charge in [0.05, 0.1) is 0 Å². The molecule has 0 bridgehead atoms. The highest BCUT2D eigenvalue weighted by atomic mass is 32.2. The number of hydrogen-bond donors (Lipinski definition) is 2. The van der Waals surface area contributed by atoms with Crippen molar-refractivity contribution in [2.24, 2.45) is 0 Å². The molecular formula is C6H8N4S. The number of thioether (sulfide) groups is 1. The Balaban J connectivity index is 2.34. The minimum Gasteiger partial charge on any atom is -0.368 e. The van der Waals surface area contributed by atoms with Crippen LogP contribution in [0.5, 0.6) is 0 Å². The monoisotopic (exact) mass is 168 g/mol. The number of aromatic amines is 1. The topological polar surface area (TPSA) is 67.6 Å². The van der Waals surface area contributed by atoms with E-state index in [9.17, 15) is 0 Å². The molecule has 0 amide bonds. The Morgan fingerprint density at radius 3 is 3.09 bits per heavy atom. The van der Waals surface area contributed by atoms with Gasteiger partial charge in [-0.3, -0.25) is 0 Å². The summed E-state index contributed by atoms with van der Waals surface area (Å²) in [6.45, 7) is 0. The molecule has 0 unspecified atom stereocenters. The third-order valence-corrected chi connectivity index (χ3v) is 1.81. The summed E-state index contributed by atoms with van der Waals surface area (Å²) in [5.74, 6) is 3.70. The van der Waals surface area contributed by atoms with E-state index >= 15 is 0 Å². The summed E-state index contributed by atoms with van der Waals surface area (Å²) in [7, 11) is 0. The highest BCUT2D eigenvalue weighted by molar-refractivity contribution is 7.99. The zero-order valence-corrected chi connectivity index (χ0v) is 6.69. The molecule has 3 N–H and O–H groups in total. The highest BCUT2D eigenvalue weighted by Gasteiger charge is 1.98. The van der Waals surface area contributed by atoms with Crippen molar-refractivity contribution in [3.8, 4) is 12.3 Å². The van der Waals surface area contributed by atoms with Crippen molar-refractivity contribution in [1.29, 1.82) is 0 Å². The molecule has 1 heterocycles. The van der Waals surface area contributed by atoms with Gasteiger partial charge in [-0.05, 0) is 0 Å². The largest absolute Gasteiger partial charge is 0.368 e. The molecule has 58 valence electrons. The third kappa shape index (κ3) is 2.51. The average Bonchev–Trinajstić information content (AvgIpc) is 2.37. The van der Waals surface area contributed by atoms with Crippen LogP contribution in [-0.2, 0) is 0 Å². The lowest BCUT2D eigenvalue weighted by Crippen LogP contribution is -1.85. The number of nitrogens with two attached hydrogens (primary N) is 1.